The molecule has 2 nitrogen and oxygen atoms in total. The number of benzene rings is 1. The van der Waals surface area contributed by atoms with Crippen LogP contribution in [0.5, 0.6) is 0 Å². The summed E-state index contributed by atoms with van der Waals surface area (Å²) in [5.41, 5.74) is 7.06. The molecule has 2 N–H and O–H groups in total. The highest BCUT2D eigenvalue weighted by Gasteiger charge is 2.05. The lowest BCUT2D eigenvalue weighted by Crippen LogP contribution is -2.10. The largest absolute Gasteiger partial charge is 0.324 e. The van der Waals surface area contributed by atoms with Gasteiger partial charge in [-0.25, -0.2) is 0 Å². The Balaban J connectivity index is 2.83. The van der Waals surface area contributed by atoms with Crippen LogP contribution in [-0.4, -0.2) is 6.67 Å². The summed E-state index contributed by atoms with van der Waals surface area (Å²) in [6.07, 6.45) is 0.300. The summed E-state index contributed by atoms with van der Waals surface area (Å²) in [4.78, 5) is 0. The van der Waals surface area contributed by atoms with Crippen LogP contribution in [-0.2, 0) is 0 Å². The predicted molar refractivity (Wildman–Crippen MR) is 48.7 cm³/mol. The highest BCUT2D eigenvalue weighted by atomic mass is 19.1. The molecule has 3 heteroatoms. The first-order valence-corrected chi connectivity index (χ1v) is 4.09. The van der Waals surface area contributed by atoms with E-state index >= 15 is 0 Å². The number of nitrogens with two attached hydrogens (primary N) is 1. The van der Waals surface area contributed by atoms with Crippen LogP contribution in [0.3, 0.4) is 0 Å². The van der Waals surface area contributed by atoms with Gasteiger partial charge in [0.15, 0.2) is 0 Å². The smallest absolute Gasteiger partial charge is 0.0991 e. The molecule has 0 saturated heterocycles. The molecule has 1 atom stereocenters. The summed E-state index contributed by atoms with van der Waals surface area (Å²) in [6.45, 7) is -0.433. The van der Waals surface area contributed by atoms with Gasteiger partial charge in [0.25, 0.3) is 0 Å². The van der Waals surface area contributed by atoms with Gasteiger partial charge in [0.05, 0.1) is 18.3 Å². The number of hydrogen-bond acceptors (Lipinski definition) is 2. The zero-order valence-electron chi connectivity index (χ0n) is 7.20. The van der Waals surface area contributed by atoms with Gasteiger partial charge < -0.3 is 5.73 Å². The average Bonchev–Trinajstić information content (AvgIpc) is 2.18. The first kappa shape index (κ1) is 9.69. The monoisotopic (exact) mass is 178 g/mol. The maximum atomic E-state index is 12.0. The van der Waals surface area contributed by atoms with Crippen LogP contribution >= 0.6 is 0 Å². The van der Waals surface area contributed by atoms with Crippen molar-refractivity contribution in [3.63, 3.8) is 0 Å². The second-order valence-corrected chi connectivity index (χ2v) is 2.82. The quantitative estimate of drug-likeness (QED) is 0.768. The molecular weight excluding hydrogens is 167 g/mol. The van der Waals surface area contributed by atoms with Crippen LogP contribution in [0.1, 0.15) is 23.6 Å². The Morgan fingerprint density at radius 3 is 2.92 bits per heavy atom. The van der Waals surface area contributed by atoms with Gasteiger partial charge in [0.1, 0.15) is 0 Å². The van der Waals surface area contributed by atoms with Crippen molar-refractivity contribution in [1.29, 1.82) is 5.26 Å². The fourth-order valence-electron chi connectivity index (χ4n) is 1.12. The van der Waals surface area contributed by atoms with E-state index in [-0.39, 0.29) is 6.04 Å². The van der Waals surface area contributed by atoms with Crippen LogP contribution in [0.2, 0.25) is 0 Å². The first-order chi connectivity index (χ1) is 6.27. The Bertz CT molecular complexity index is 317. The molecule has 1 rings (SSSR count). The van der Waals surface area contributed by atoms with Gasteiger partial charge >= 0.3 is 0 Å². The molecule has 0 fully saturated rings. The molecule has 0 amide bonds. The lowest BCUT2D eigenvalue weighted by molar-refractivity contribution is 0.442. The van der Waals surface area contributed by atoms with Crippen molar-refractivity contribution in [1.82, 2.24) is 0 Å². The van der Waals surface area contributed by atoms with Crippen LogP contribution < -0.4 is 5.73 Å². The third-order valence-electron chi connectivity index (χ3n) is 1.86. The predicted octanol–water partition coefficient (Wildman–Crippen LogP) is 1.92. The van der Waals surface area contributed by atoms with Gasteiger partial charge in [0, 0.05) is 6.04 Å². The summed E-state index contributed by atoms with van der Waals surface area (Å²) in [6, 6.07) is 8.67. The molecule has 0 aliphatic carbocycles. The molecule has 0 unspecified atom stereocenters. The minimum atomic E-state index is -0.433. The lowest BCUT2D eigenvalue weighted by atomic mass is 10.0. The zero-order valence-corrected chi connectivity index (χ0v) is 7.20. The van der Waals surface area contributed by atoms with Crippen LogP contribution in [0, 0.1) is 11.3 Å². The highest BCUT2D eigenvalue weighted by Crippen LogP contribution is 2.15. The number of halogens is 1. The molecule has 68 valence electrons. The van der Waals surface area contributed by atoms with E-state index in [9.17, 15) is 4.39 Å². The second kappa shape index (κ2) is 4.58. The van der Waals surface area contributed by atoms with Gasteiger partial charge in [-0.05, 0) is 24.1 Å². The number of hydrogen-bond donors (Lipinski definition) is 1. The summed E-state index contributed by atoms with van der Waals surface area (Å²) in [5.74, 6) is 0. The molecule has 1 aromatic rings. The topological polar surface area (TPSA) is 49.8 Å². The van der Waals surface area contributed by atoms with Crippen molar-refractivity contribution >= 4 is 0 Å². The Morgan fingerprint density at radius 1 is 1.54 bits per heavy atom. The fraction of sp³-hybridized carbons (Fsp3) is 0.300. The number of alkyl halides is 1. The number of nitrogens with zero attached hydrogens (tertiary/aromatic N) is 1. The maximum absolute atomic E-state index is 12.0. The molecule has 0 aromatic heterocycles. The van der Waals surface area contributed by atoms with E-state index in [0.717, 1.165) is 5.56 Å². The summed E-state index contributed by atoms with van der Waals surface area (Å²) >= 11 is 0. The summed E-state index contributed by atoms with van der Waals surface area (Å²) in [7, 11) is 0. The third-order valence-corrected chi connectivity index (χ3v) is 1.86. The molecule has 0 saturated carbocycles. The SMILES string of the molecule is N#Cc1cccc([C@@H](N)CCF)c1. The van der Waals surface area contributed by atoms with Crippen molar-refractivity contribution in [3.8, 4) is 6.07 Å². The Kier molecular flexibility index (Phi) is 3.41. The van der Waals surface area contributed by atoms with E-state index in [1.54, 1.807) is 24.3 Å². The molecule has 0 heterocycles. The molecule has 0 radical (unpaired) electrons. The highest BCUT2D eigenvalue weighted by molar-refractivity contribution is 5.34. The standard InChI is InChI=1S/C10H11FN2/c11-5-4-10(13)9-3-1-2-8(6-9)7-12/h1-3,6,10H,4-5,13H2/t10-/m0/s1. The minimum absolute atomic E-state index is 0.300. The van der Waals surface area contributed by atoms with E-state index < -0.39 is 6.67 Å². The van der Waals surface area contributed by atoms with Crippen molar-refractivity contribution in [2.45, 2.75) is 12.5 Å². The molecule has 0 bridgehead atoms. The van der Waals surface area contributed by atoms with E-state index in [2.05, 4.69) is 0 Å². The van der Waals surface area contributed by atoms with Crippen molar-refractivity contribution in [3.05, 3.63) is 35.4 Å². The lowest BCUT2D eigenvalue weighted by Gasteiger charge is -2.09. The van der Waals surface area contributed by atoms with Gasteiger partial charge in [0.2, 0.25) is 0 Å². The zero-order chi connectivity index (χ0) is 9.68. The fourth-order valence-corrected chi connectivity index (χ4v) is 1.12. The van der Waals surface area contributed by atoms with E-state index in [1.807, 2.05) is 6.07 Å². The number of rotatable bonds is 3. The van der Waals surface area contributed by atoms with Crippen molar-refractivity contribution in [2.24, 2.45) is 5.73 Å². The van der Waals surface area contributed by atoms with E-state index in [1.165, 1.54) is 0 Å². The van der Waals surface area contributed by atoms with Crippen molar-refractivity contribution in [2.75, 3.05) is 6.67 Å². The minimum Gasteiger partial charge on any atom is -0.324 e. The molecular formula is C10H11FN2. The van der Waals surface area contributed by atoms with Gasteiger partial charge in [-0.1, -0.05) is 12.1 Å². The van der Waals surface area contributed by atoms with Crippen molar-refractivity contribution < 1.29 is 4.39 Å². The molecule has 0 aliphatic heterocycles. The maximum Gasteiger partial charge on any atom is 0.0991 e. The van der Waals surface area contributed by atoms with Crippen LogP contribution in [0.25, 0.3) is 0 Å². The van der Waals surface area contributed by atoms with Crippen LogP contribution in [0.15, 0.2) is 24.3 Å². The van der Waals surface area contributed by atoms with E-state index in [0.29, 0.717) is 12.0 Å². The molecule has 1 aromatic carbocycles. The Labute approximate surface area is 76.8 Å². The third kappa shape index (κ3) is 2.53. The average molecular weight is 178 g/mol. The molecule has 0 spiro atoms. The van der Waals surface area contributed by atoms with Gasteiger partial charge in [-0.3, -0.25) is 4.39 Å². The molecule has 13 heavy (non-hydrogen) atoms. The van der Waals surface area contributed by atoms with Gasteiger partial charge in [-0.15, -0.1) is 0 Å². The van der Waals surface area contributed by atoms with E-state index in [4.69, 9.17) is 11.0 Å². The Hall–Kier alpha value is -1.40. The molecule has 0 aliphatic rings. The second-order valence-electron chi connectivity index (χ2n) is 2.82. The first-order valence-electron chi connectivity index (χ1n) is 4.09. The summed E-state index contributed by atoms with van der Waals surface area (Å²) < 4.78 is 12.0. The summed E-state index contributed by atoms with van der Waals surface area (Å²) in [5, 5.41) is 8.61. The van der Waals surface area contributed by atoms with Gasteiger partial charge in [-0.2, -0.15) is 5.26 Å². The number of nitriles is 1. The van der Waals surface area contributed by atoms with Crippen LogP contribution in [0.4, 0.5) is 4.39 Å². The Morgan fingerprint density at radius 2 is 2.31 bits per heavy atom. The normalized spacial score (nSPS) is 12.1.